The summed E-state index contributed by atoms with van der Waals surface area (Å²) in [5.41, 5.74) is 3.51. The van der Waals surface area contributed by atoms with Crippen LogP contribution in [0, 0.1) is 0 Å². The fourth-order valence-electron chi connectivity index (χ4n) is 3.89. The third-order valence-corrected chi connectivity index (χ3v) is 6.11. The number of fused-ring (bicyclic) bond motifs is 3. The first kappa shape index (κ1) is 18.3. The first-order valence-corrected chi connectivity index (χ1v) is 10.8. The van der Waals surface area contributed by atoms with Crippen LogP contribution in [0.25, 0.3) is 0 Å². The molecule has 1 aromatic heterocycles. The first-order valence-electron chi connectivity index (χ1n) is 9.45. The van der Waals surface area contributed by atoms with E-state index in [2.05, 4.69) is 11.4 Å². The number of hydrogen-bond donors (Lipinski definition) is 1. The Morgan fingerprint density at radius 1 is 1.31 bits per heavy atom. The molecule has 1 N–H and O–H groups in total. The Morgan fingerprint density at radius 2 is 2.21 bits per heavy atom. The highest BCUT2D eigenvalue weighted by molar-refractivity contribution is 7.07. The molecule has 7 heteroatoms. The van der Waals surface area contributed by atoms with E-state index in [0.29, 0.717) is 23.6 Å². The van der Waals surface area contributed by atoms with Gasteiger partial charge in [0.05, 0.1) is 18.4 Å². The molecule has 2 aliphatic rings. The summed E-state index contributed by atoms with van der Waals surface area (Å²) in [5, 5.41) is 21.9. The molecular formula is C22H19ClN2O3S. The van der Waals surface area contributed by atoms with Gasteiger partial charge in [0.1, 0.15) is 5.75 Å². The molecular weight excluding hydrogens is 408 g/mol. The number of hydrogen-bond acceptors (Lipinski definition) is 6. The molecule has 0 amide bonds. The maximum Gasteiger partial charge on any atom is 0.214 e. The standard InChI is InChI=1S/C22H19ClN2O3S/c1-2-27-20-5-3-4-15-18-11-17(16-10-14(23)6-7-19(16)26)24-25(18)22(28-21(15)20)13-8-9-29-12-13/h3-10,12,18,22,26H,2,11H2,1H3/t18-,22+/m0/s1. The van der Waals surface area contributed by atoms with Gasteiger partial charge in [-0.25, -0.2) is 5.01 Å². The Hall–Kier alpha value is -2.70. The maximum absolute atomic E-state index is 10.4. The number of nitrogens with zero attached hydrogens (tertiary/aromatic N) is 2. The van der Waals surface area contributed by atoms with E-state index in [1.807, 2.05) is 35.5 Å². The lowest BCUT2D eigenvalue weighted by Crippen LogP contribution is -2.33. The second-order valence-corrected chi connectivity index (χ2v) is 8.16. The number of benzene rings is 2. The van der Waals surface area contributed by atoms with Gasteiger partial charge < -0.3 is 14.6 Å². The first-order chi connectivity index (χ1) is 14.2. The highest BCUT2D eigenvalue weighted by Crippen LogP contribution is 2.51. The maximum atomic E-state index is 10.4. The zero-order valence-corrected chi connectivity index (χ0v) is 17.3. The van der Waals surface area contributed by atoms with Crippen LogP contribution in [-0.4, -0.2) is 22.4 Å². The molecule has 0 saturated carbocycles. The predicted molar refractivity (Wildman–Crippen MR) is 114 cm³/mol. The average Bonchev–Trinajstić information content (AvgIpc) is 3.40. The number of aromatic hydroxyl groups is 1. The van der Waals surface area contributed by atoms with Crippen molar-refractivity contribution in [3.63, 3.8) is 0 Å². The molecule has 29 heavy (non-hydrogen) atoms. The molecule has 5 rings (SSSR count). The fraction of sp³-hybridized carbons (Fsp3) is 0.227. The Labute approximate surface area is 177 Å². The molecule has 3 heterocycles. The van der Waals surface area contributed by atoms with Crippen molar-refractivity contribution in [2.75, 3.05) is 6.61 Å². The number of para-hydroxylation sites is 1. The normalized spacial score (nSPS) is 19.9. The van der Waals surface area contributed by atoms with Crippen molar-refractivity contribution in [2.45, 2.75) is 25.6 Å². The van der Waals surface area contributed by atoms with Crippen LogP contribution in [0.5, 0.6) is 17.2 Å². The number of halogens is 1. The fourth-order valence-corrected chi connectivity index (χ4v) is 4.73. The van der Waals surface area contributed by atoms with Gasteiger partial charge >= 0.3 is 0 Å². The van der Waals surface area contributed by atoms with E-state index in [0.717, 1.165) is 28.3 Å². The molecule has 2 atom stereocenters. The van der Waals surface area contributed by atoms with Crippen molar-refractivity contribution in [3.05, 3.63) is 74.9 Å². The predicted octanol–water partition coefficient (Wildman–Crippen LogP) is 5.75. The van der Waals surface area contributed by atoms with Gasteiger partial charge in [-0.3, -0.25) is 0 Å². The Morgan fingerprint density at radius 3 is 3.00 bits per heavy atom. The number of phenols is 1. The molecule has 0 bridgehead atoms. The van der Waals surface area contributed by atoms with Gasteiger partial charge in [-0.05, 0) is 48.0 Å². The molecule has 148 valence electrons. The van der Waals surface area contributed by atoms with Gasteiger partial charge in [-0.15, -0.1) is 0 Å². The summed E-state index contributed by atoms with van der Waals surface area (Å²) in [6.07, 6.45) is 0.277. The van der Waals surface area contributed by atoms with Crippen LogP contribution < -0.4 is 9.47 Å². The summed E-state index contributed by atoms with van der Waals surface area (Å²) in [4.78, 5) is 0. The van der Waals surface area contributed by atoms with Crippen LogP contribution in [0.4, 0.5) is 0 Å². The van der Waals surface area contributed by atoms with E-state index in [1.165, 1.54) is 0 Å². The van der Waals surface area contributed by atoms with E-state index in [-0.39, 0.29) is 18.0 Å². The van der Waals surface area contributed by atoms with Crippen LogP contribution in [0.2, 0.25) is 5.02 Å². The minimum Gasteiger partial charge on any atom is -0.507 e. The lowest BCUT2D eigenvalue weighted by atomic mass is 9.95. The van der Waals surface area contributed by atoms with Gasteiger partial charge in [0, 0.05) is 28.1 Å². The van der Waals surface area contributed by atoms with Crippen molar-refractivity contribution in [2.24, 2.45) is 5.10 Å². The summed E-state index contributed by atoms with van der Waals surface area (Å²) in [6, 6.07) is 13.0. The highest BCUT2D eigenvalue weighted by Gasteiger charge is 2.42. The minimum absolute atomic E-state index is 0.0163. The van der Waals surface area contributed by atoms with Crippen molar-refractivity contribution >= 4 is 28.6 Å². The van der Waals surface area contributed by atoms with E-state index < -0.39 is 0 Å². The average molecular weight is 427 g/mol. The van der Waals surface area contributed by atoms with Crippen LogP contribution in [0.3, 0.4) is 0 Å². The summed E-state index contributed by atoms with van der Waals surface area (Å²) in [6.45, 7) is 2.53. The quantitative estimate of drug-likeness (QED) is 0.577. The van der Waals surface area contributed by atoms with Crippen molar-refractivity contribution in [1.29, 1.82) is 0 Å². The van der Waals surface area contributed by atoms with E-state index in [9.17, 15) is 5.11 Å². The lowest BCUT2D eigenvalue weighted by molar-refractivity contribution is -0.0209. The van der Waals surface area contributed by atoms with Gasteiger partial charge in [-0.1, -0.05) is 23.7 Å². The monoisotopic (exact) mass is 426 g/mol. The van der Waals surface area contributed by atoms with Crippen LogP contribution in [-0.2, 0) is 0 Å². The number of ether oxygens (including phenoxy) is 2. The summed E-state index contributed by atoms with van der Waals surface area (Å²) >= 11 is 7.80. The molecule has 0 saturated heterocycles. The van der Waals surface area contributed by atoms with E-state index >= 15 is 0 Å². The molecule has 0 aliphatic carbocycles. The van der Waals surface area contributed by atoms with Crippen LogP contribution >= 0.6 is 22.9 Å². The van der Waals surface area contributed by atoms with Gasteiger partial charge in [-0.2, -0.15) is 16.4 Å². The molecule has 2 aliphatic heterocycles. The van der Waals surface area contributed by atoms with E-state index in [4.69, 9.17) is 26.2 Å². The largest absolute Gasteiger partial charge is 0.507 e. The Bertz CT molecular complexity index is 1080. The number of phenolic OH excluding ortho intramolecular Hbond substituents is 1. The summed E-state index contributed by atoms with van der Waals surface area (Å²) < 4.78 is 12.3. The van der Waals surface area contributed by atoms with E-state index in [1.54, 1.807) is 29.5 Å². The Balaban J connectivity index is 1.62. The molecule has 0 fully saturated rings. The molecule has 0 radical (unpaired) electrons. The lowest BCUT2D eigenvalue weighted by Gasteiger charge is -2.38. The second-order valence-electron chi connectivity index (χ2n) is 6.94. The number of thiophene rings is 1. The molecule has 3 aromatic rings. The highest BCUT2D eigenvalue weighted by atomic mass is 35.5. The van der Waals surface area contributed by atoms with Crippen LogP contribution in [0.15, 0.2) is 58.3 Å². The zero-order valence-electron chi connectivity index (χ0n) is 15.7. The molecule has 0 spiro atoms. The van der Waals surface area contributed by atoms with Crippen LogP contribution in [0.1, 0.15) is 42.3 Å². The van der Waals surface area contributed by atoms with Gasteiger partial charge in [0.15, 0.2) is 11.5 Å². The Kier molecular flexibility index (Phi) is 4.60. The summed E-state index contributed by atoms with van der Waals surface area (Å²) in [5.74, 6) is 1.67. The van der Waals surface area contributed by atoms with Gasteiger partial charge in [0.2, 0.25) is 6.23 Å². The smallest absolute Gasteiger partial charge is 0.214 e. The van der Waals surface area contributed by atoms with Crippen molar-refractivity contribution < 1.29 is 14.6 Å². The third kappa shape index (κ3) is 3.12. The summed E-state index contributed by atoms with van der Waals surface area (Å²) in [7, 11) is 0. The molecule has 5 nitrogen and oxygen atoms in total. The molecule has 0 unspecified atom stereocenters. The van der Waals surface area contributed by atoms with Crippen molar-refractivity contribution in [3.8, 4) is 17.2 Å². The SMILES string of the molecule is CCOc1cccc2c1O[C@H](c1ccsc1)N1N=C(c3cc(Cl)ccc3O)C[C@@H]21. The van der Waals surface area contributed by atoms with Gasteiger partial charge in [0.25, 0.3) is 0 Å². The zero-order chi connectivity index (χ0) is 20.0. The topological polar surface area (TPSA) is 54.3 Å². The second kappa shape index (κ2) is 7.28. The molecule has 2 aromatic carbocycles. The number of hydrazone groups is 1. The minimum atomic E-state index is -0.362. The third-order valence-electron chi connectivity index (χ3n) is 5.18. The number of rotatable bonds is 4. The van der Waals surface area contributed by atoms with Crippen molar-refractivity contribution in [1.82, 2.24) is 5.01 Å².